The summed E-state index contributed by atoms with van der Waals surface area (Å²) in [5, 5.41) is 11.0. The summed E-state index contributed by atoms with van der Waals surface area (Å²) in [7, 11) is 0. The van der Waals surface area contributed by atoms with Crippen LogP contribution in [0.25, 0.3) is 10.9 Å². The van der Waals surface area contributed by atoms with Gasteiger partial charge in [0.15, 0.2) is 6.29 Å². The first kappa shape index (κ1) is 19.4. The Morgan fingerprint density at radius 3 is 2.76 bits per heavy atom. The molecule has 7 nitrogen and oxygen atoms in total. The van der Waals surface area contributed by atoms with Gasteiger partial charge in [0, 0.05) is 22.9 Å². The molecule has 150 valence electrons. The molecule has 0 bridgehead atoms. The lowest BCUT2D eigenvalue weighted by atomic mass is 10.0. The van der Waals surface area contributed by atoms with Gasteiger partial charge in [-0.1, -0.05) is 35.9 Å². The zero-order valence-electron chi connectivity index (χ0n) is 16.2. The van der Waals surface area contributed by atoms with Gasteiger partial charge < -0.3 is 15.4 Å². The molecule has 29 heavy (non-hydrogen) atoms. The topological polar surface area (TPSA) is 88.2 Å². The number of hydrogen-bond donors (Lipinski definition) is 3. The first-order valence-electron chi connectivity index (χ1n) is 9.51. The predicted octanol–water partition coefficient (Wildman–Crippen LogP) is 3.54. The molecule has 1 fully saturated rings. The summed E-state index contributed by atoms with van der Waals surface area (Å²) in [5.74, 6) is 1.06. The Balaban J connectivity index is 1.59. The molecule has 4 rings (SSSR count). The van der Waals surface area contributed by atoms with E-state index >= 15 is 0 Å². The third kappa shape index (κ3) is 4.26. The van der Waals surface area contributed by atoms with E-state index < -0.39 is 6.29 Å². The highest BCUT2D eigenvalue weighted by molar-refractivity contribution is 6.30. The van der Waals surface area contributed by atoms with Gasteiger partial charge in [0.25, 0.3) is 0 Å². The van der Waals surface area contributed by atoms with Crippen molar-refractivity contribution in [1.29, 1.82) is 0 Å². The Bertz CT molecular complexity index is 1040. The van der Waals surface area contributed by atoms with Crippen molar-refractivity contribution in [3.8, 4) is 5.75 Å². The highest BCUT2D eigenvalue weighted by Gasteiger charge is 2.27. The number of fused-ring (bicyclic) bond motifs is 1. The molecule has 2 aromatic carbocycles. The van der Waals surface area contributed by atoms with Crippen LogP contribution in [-0.2, 0) is 4.79 Å². The van der Waals surface area contributed by atoms with E-state index in [1.165, 1.54) is 0 Å². The summed E-state index contributed by atoms with van der Waals surface area (Å²) in [5.41, 5.74) is 2.56. The summed E-state index contributed by atoms with van der Waals surface area (Å²) in [6, 6.07) is 13.1. The molecule has 2 unspecified atom stereocenters. The van der Waals surface area contributed by atoms with Gasteiger partial charge in [-0.2, -0.15) is 0 Å². The molecule has 2 heterocycles. The van der Waals surface area contributed by atoms with Gasteiger partial charge in [-0.05, 0) is 37.6 Å². The van der Waals surface area contributed by atoms with Gasteiger partial charge in [0.2, 0.25) is 11.9 Å². The molecule has 3 aromatic rings. The van der Waals surface area contributed by atoms with Gasteiger partial charge in [-0.25, -0.2) is 9.97 Å². The molecule has 0 radical (unpaired) electrons. The molecule has 0 aliphatic carbocycles. The van der Waals surface area contributed by atoms with E-state index in [0.29, 0.717) is 29.7 Å². The molecule has 8 heteroatoms. The molecular weight excluding hydrogens is 390 g/mol. The maximum absolute atomic E-state index is 12.3. The van der Waals surface area contributed by atoms with Crippen LogP contribution in [0.15, 0.2) is 42.5 Å². The standard InChI is InChI=1S/C21H22ClN5O2/c1-3-29-17-6-4-5-15-12(2)23-20(26-19(15)17)27-21-24-16(11-18(28)25-21)13-7-9-14(22)10-8-13/h4-10,16,21,24H,3,11H2,1-2H3,(H,25,28)(H,23,26,27). The number of anilines is 1. The van der Waals surface area contributed by atoms with E-state index in [4.69, 9.17) is 16.3 Å². The van der Waals surface area contributed by atoms with Crippen LogP contribution in [0, 0.1) is 6.92 Å². The van der Waals surface area contributed by atoms with Gasteiger partial charge in [-0.3, -0.25) is 10.1 Å². The van der Waals surface area contributed by atoms with Gasteiger partial charge in [0.05, 0.1) is 12.3 Å². The number of para-hydroxylation sites is 1. The van der Waals surface area contributed by atoms with Crippen molar-refractivity contribution in [3.63, 3.8) is 0 Å². The SMILES string of the molecule is CCOc1cccc2c(C)nc(NC3NC(=O)CC(c4ccc(Cl)cc4)N3)nc12. The average Bonchev–Trinajstić information content (AvgIpc) is 2.69. The Morgan fingerprint density at radius 2 is 2.00 bits per heavy atom. The van der Waals surface area contributed by atoms with Gasteiger partial charge in [-0.15, -0.1) is 0 Å². The highest BCUT2D eigenvalue weighted by Crippen LogP contribution is 2.27. The molecular formula is C21H22ClN5O2. The number of nitrogens with one attached hydrogen (secondary N) is 3. The van der Waals surface area contributed by atoms with Crippen LogP contribution >= 0.6 is 11.6 Å². The number of carbonyl (C=O) groups excluding carboxylic acids is 1. The summed E-state index contributed by atoms with van der Waals surface area (Å²) in [6.45, 7) is 4.41. The lowest BCUT2D eigenvalue weighted by Crippen LogP contribution is -2.56. The molecule has 3 N–H and O–H groups in total. The number of halogens is 1. The number of rotatable bonds is 5. The van der Waals surface area contributed by atoms with Crippen molar-refractivity contribution < 1.29 is 9.53 Å². The van der Waals surface area contributed by atoms with Gasteiger partial charge in [0.1, 0.15) is 11.3 Å². The van der Waals surface area contributed by atoms with E-state index in [2.05, 4.69) is 25.9 Å². The molecule has 1 aromatic heterocycles. The average molecular weight is 412 g/mol. The van der Waals surface area contributed by atoms with E-state index in [9.17, 15) is 4.79 Å². The number of aryl methyl sites for hydroxylation is 1. The largest absolute Gasteiger partial charge is 0.492 e. The molecule has 1 saturated heterocycles. The van der Waals surface area contributed by atoms with Gasteiger partial charge >= 0.3 is 0 Å². The van der Waals surface area contributed by atoms with Crippen molar-refractivity contribution in [3.05, 3.63) is 58.7 Å². The number of amides is 1. The predicted molar refractivity (Wildman–Crippen MR) is 113 cm³/mol. The smallest absolute Gasteiger partial charge is 0.226 e. The molecule has 0 saturated carbocycles. The lowest BCUT2D eigenvalue weighted by molar-refractivity contribution is -0.124. The van der Waals surface area contributed by atoms with Crippen LogP contribution in [0.1, 0.15) is 30.6 Å². The second-order valence-electron chi connectivity index (χ2n) is 6.84. The van der Waals surface area contributed by atoms with Crippen LogP contribution in [-0.4, -0.2) is 28.8 Å². The fraction of sp³-hybridized carbons (Fsp3) is 0.286. The Kier molecular flexibility index (Phi) is 5.51. The molecule has 1 aliphatic rings. The summed E-state index contributed by atoms with van der Waals surface area (Å²) >= 11 is 5.97. The Labute approximate surface area is 173 Å². The molecule has 1 aliphatic heterocycles. The quantitative estimate of drug-likeness (QED) is 0.595. The second-order valence-corrected chi connectivity index (χ2v) is 7.27. The maximum Gasteiger partial charge on any atom is 0.226 e. The molecule has 0 spiro atoms. The minimum atomic E-state index is -0.506. The Morgan fingerprint density at radius 1 is 1.21 bits per heavy atom. The maximum atomic E-state index is 12.3. The third-order valence-corrected chi connectivity index (χ3v) is 5.04. The number of benzene rings is 2. The highest BCUT2D eigenvalue weighted by atomic mass is 35.5. The third-order valence-electron chi connectivity index (χ3n) is 4.79. The first-order valence-corrected chi connectivity index (χ1v) is 9.89. The van der Waals surface area contributed by atoms with Crippen LogP contribution in [0.4, 0.5) is 5.95 Å². The van der Waals surface area contributed by atoms with Crippen molar-refractivity contribution in [2.24, 2.45) is 0 Å². The zero-order chi connectivity index (χ0) is 20.4. The fourth-order valence-electron chi connectivity index (χ4n) is 3.44. The minimum Gasteiger partial charge on any atom is -0.492 e. The van der Waals surface area contributed by atoms with Crippen molar-refractivity contribution in [1.82, 2.24) is 20.6 Å². The summed E-state index contributed by atoms with van der Waals surface area (Å²) in [4.78, 5) is 21.4. The lowest BCUT2D eigenvalue weighted by Gasteiger charge is -2.32. The van der Waals surface area contributed by atoms with Crippen molar-refractivity contribution in [2.45, 2.75) is 32.6 Å². The normalized spacial score (nSPS) is 19.1. The van der Waals surface area contributed by atoms with Crippen LogP contribution in [0.2, 0.25) is 5.02 Å². The number of ether oxygens (including phenoxy) is 1. The number of aromatic nitrogens is 2. The fourth-order valence-corrected chi connectivity index (χ4v) is 3.57. The van der Waals surface area contributed by atoms with Crippen molar-refractivity contribution in [2.75, 3.05) is 11.9 Å². The monoisotopic (exact) mass is 411 g/mol. The van der Waals surface area contributed by atoms with Crippen molar-refractivity contribution >= 4 is 34.4 Å². The second kappa shape index (κ2) is 8.23. The minimum absolute atomic E-state index is 0.0614. The van der Waals surface area contributed by atoms with Crippen LogP contribution in [0.3, 0.4) is 0 Å². The summed E-state index contributed by atoms with van der Waals surface area (Å²) in [6.07, 6.45) is -0.167. The summed E-state index contributed by atoms with van der Waals surface area (Å²) < 4.78 is 5.71. The first-order chi connectivity index (χ1) is 14.0. The van der Waals surface area contributed by atoms with E-state index in [1.54, 1.807) is 0 Å². The molecule has 2 atom stereocenters. The Hall–Kier alpha value is -2.90. The number of carbonyl (C=O) groups is 1. The zero-order valence-corrected chi connectivity index (χ0v) is 17.0. The van der Waals surface area contributed by atoms with E-state index in [0.717, 1.165) is 22.2 Å². The van der Waals surface area contributed by atoms with Crippen LogP contribution in [0.5, 0.6) is 5.75 Å². The molecule has 1 amide bonds. The van der Waals surface area contributed by atoms with E-state index in [1.807, 2.05) is 56.3 Å². The number of nitrogens with zero attached hydrogens (tertiary/aromatic N) is 2. The number of hydrogen-bond acceptors (Lipinski definition) is 6. The van der Waals surface area contributed by atoms with Crippen LogP contribution < -0.4 is 20.7 Å². The van der Waals surface area contributed by atoms with E-state index in [-0.39, 0.29) is 11.9 Å².